The van der Waals surface area contributed by atoms with E-state index in [0.717, 1.165) is 11.8 Å². The van der Waals surface area contributed by atoms with E-state index in [1.54, 1.807) is 0 Å². The molecule has 1 aliphatic heterocycles. The molecule has 1 heterocycles. The average molecular weight is 293 g/mol. The van der Waals surface area contributed by atoms with Crippen molar-refractivity contribution in [2.24, 2.45) is 29.1 Å². The SMILES string of the molecule is CC(C)C1(C(=O)O)CCN(C(=O)CC2CC3CCC2C3)C1. The number of carbonyl (C=O) groups excluding carboxylic acids is 1. The van der Waals surface area contributed by atoms with Crippen molar-refractivity contribution in [3.05, 3.63) is 0 Å². The predicted octanol–water partition coefficient (Wildman–Crippen LogP) is 2.77. The molecule has 3 aliphatic rings. The van der Waals surface area contributed by atoms with Crippen LogP contribution in [0.15, 0.2) is 0 Å². The minimum absolute atomic E-state index is 0.0651. The van der Waals surface area contributed by atoms with Crippen LogP contribution in [0.4, 0.5) is 0 Å². The number of carboxylic acids is 1. The molecule has 0 spiro atoms. The first kappa shape index (κ1) is 14.9. The Hall–Kier alpha value is -1.06. The molecule has 2 saturated carbocycles. The zero-order valence-electron chi connectivity index (χ0n) is 13.2. The van der Waals surface area contributed by atoms with Crippen molar-refractivity contribution in [2.45, 2.75) is 52.4 Å². The molecule has 4 nitrogen and oxygen atoms in total. The van der Waals surface area contributed by atoms with E-state index in [9.17, 15) is 14.7 Å². The van der Waals surface area contributed by atoms with Gasteiger partial charge < -0.3 is 10.0 Å². The molecule has 3 rings (SSSR count). The summed E-state index contributed by atoms with van der Waals surface area (Å²) in [7, 11) is 0. The normalized spacial score (nSPS) is 38.4. The van der Waals surface area contributed by atoms with Crippen LogP contribution in [0.25, 0.3) is 0 Å². The summed E-state index contributed by atoms with van der Waals surface area (Å²) in [6, 6.07) is 0. The number of amides is 1. The van der Waals surface area contributed by atoms with Gasteiger partial charge in [0.05, 0.1) is 5.41 Å². The zero-order chi connectivity index (χ0) is 15.2. The van der Waals surface area contributed by atoms with Crippen LogP contribution in [0.1, 0.15) is 52.4 Å². The van der Waals surface area contributed by atoms with Crippen molar-refractivity contribution in [1.82, 2.24) is 4.90 Å². The van der Waals surface area contributed by atoms with Crippen LogP contribution in [-0.2, 0) is 9.59 Å². The third-order valence-electron chi connectivity index (χ3n) is 6.51. The molecule has 2 bridgehead atoms. The van der Waals surface area contributed by atoms with Crippen LogP contribution >= 0.6 is 0 Å². The van der Waals surface area contributed by atoms with Crippen molar-refractivity contribution < 1.29 is 14.7 Å². The van der Waals surface area contributed by atoms with E-state index in [2.05, 4.69) is 0 Å². The number of hydrogen-bond donors (Lipinski definition) is 1. The number of aliphatic carboxylic acids is 1. The molecule has 0 aromatic carbocycles. The van der Waals surface area contributed by atoms with E-state index < -0.39 is 11.4 Å². The predicted molar refractivity (Wildman–Crippen MR) is 79.7 cm³/mol. The van der Waals surface area contributed by atoms with Crippen LogP contribution in [0.2, 0.25) is 0 Å². The summed E-state index contributed by atoms with van der Waals surface area (Å²) in [6.07, 6.45) is 6.45. The van der Waals surface area contributed by atoms with Gasteiger partial charge in [-0.2, -0.15) is 0 Å². The second-order valence-electron chi connectivity index (χ2n) is 7.82. The van der Waals surface area contributed by atoms with Gasteiger partial charge in [-0.15, -0.1) is 0 Å². The number of fused-ring (bicyclic) bond motifs is 2. The molecule has 118 valence electrons. The molecule has 1 amide bonds. The fraction of sp³-hybridized carbons (Fsp3) is 0.882. The van der Waals surface area contributed by atoms with Gasteiger partial charge in [-0.1, -0.05) is 20.3 Å². The van der Waals surface area contributed by atoms with Crippen molar-refractivity contribution in [2.75, 3.05) is 13.1 Å². The summed E-state index contributed by atoms with van der Waals surface area (Å²) in [4.78, 5) is 26.0. The first-order valence-corrected chi connectivity index (χ1v) is 8.43. The minimum Gasteiger partial charge on any atom is -0.481 e. The van der Waals surface area contributed by atoms with E-state index in [0.29, 0.717) is 31.8 Å². The second-order valence-corrected chi connectivity index (χ2v) is 7.82. The monoisotopic (exact) mass is 293 g/mol. The Morgan fingerprint density at radius 3 is 2.52 bits per heavy atom. The molecule has 0 aromatic heterocycles. The lowest BCUT2D eigenvalue weighted by atomic mass is 9.76. The van der Waals surface area contributed by atoms with Crippen LogP contribution in [0.5, 0.6) is 0 Å². The van der Waals surface area contributed by atoms with Gasteiger partial charge in [0.25, 0.3) is 0 Å². The van der Waals surface area contributed by atoms with Gasteiger partial charge in [-0.3, -0.25) is 9.59 Å². The zero-order valence-corrected chi connectivity index (χ0v) is 13.2. The lowest BCUT2D eigenvalue weighted by Gasteiger charge is -2.29. The Balaban J connectivity index is 1.60. The highest BCUT2D eigenvalue weighted by molar-refractivity contribution is 5.81. The van der Waals surface area contributed by atoms with Crippen molar-refractivity contribution in [3.63, 3.8) is 0 Å². The molecule has 0 aromatic rings. The number of rotatable bonds is 4. The van der Waals surface area contributed by atoms with Crippen LogP contribution in [-0.4, -0.2) is 35.0 Å². The molecule has 1 N–H and O–H groups in total. The maximum Gasteiger partial charge on any atom is 0.311 e. The Bertz CT molecular complexity index is 447. The Labute approximate surface area is 126 Å². The Kier molecular flexibility index (Phi) is 3.74. The lowest BCUT2D eigenvalue weighted by molar-refractivity contribution is -0.151. The van der Waals surface area contributed by atoms with Gasteiger partial charge in [-0.25, -0.2) is 0 Å². The summed E-state index contributed by atoms with van der Waals surface area (Å²) < 4.78 is 0. The molecule has 4 atom stereocenters. The summed E-state index contributed by atoms with van der Waals surface area (Å²) >= 11 is 0. The molecular weight excluding hydrogens is 266 g/mol. The summed E-state index contributed by atoms with van der Waals surface area (Å²) in [5.41, 5.74) is -0.732. The van der Waals surface area contributed by atoms with Crippen molar-refractivity contribution in [3.8, 4) is 0 Å². The van der Waals surface area contributed by atoms with Crippen LogP contribution in [0.3, 0.4) is 0 Å². The first-order valence-electron chi connectivity index (χ1n) is 8.43. The third-order valence-corrected chi connectivity index (χ3v) is 6.51. The second kappa shape index (κ2) is 5.29. The number of carboxylic acid groups (broad SMARTS) is 1. The number of carbonyl (C=O) groups is 2. The highest BCUT2D eigenvalue weighted by atomic mass is 16.4. The van der Waals surface area contributed by atoms with E-state index >= 15 is 0 Å². The Morgan fingerprint density at radius 2 is 2.05 bits per heavy atom. The topological polar surface area (TPSA) is 57.6 Å². The Morgan fingerprint density at radius 1 is 1.29 bits per heavy atom. The molecule has 1 saturated heterocycles. The molecule has 4 heteroatoms. The molecule has 0 radical (unpaired) electrons. The smallest absolute Gasteiger partial charge is 0.311 e. The van der Waals surface area contributed by atoms with Crippen molar-refractivity contribution in [1.29, 1.82) is 0 Å². The maximum atomic E-state index is 12.5. The summed E-state index contributed by atoms with van der Waals surface area (Å²) in [5.74, 6) is 1.70. The van der Waals surface area contributed by atoms with Gasteiger partial charge in [0.15, 0.2) is 0 Å². The van der Waals surface area contributed by atoms with Gasteiger partial charge in [0, 0.05) is 19.5 Å². The average Bonchev–Trinajstić information content (AvgIpc) is 3.13. The maximum absolute atomic E-state index is 12.5. The van der Waals surface area contributed by atoms with Gasteiger partial charge in [0.2, 0.25) is 5.91 Å². The van der Waals surface area contributed by atoms with E-state index in [-0.39, 0.29) is 11.8 Å². The third kappa shape index (κ3) is 2.47. The molecular formula is C17H27NO3. The molecule has 21 heavy (non-hydrogen) atoms. The van der Waals surface area contributed by atoms with Gasteiger partial charge in [-0.05, 0) is 49.4 Å². The quantitative estimate of drug-likeness (QED) is 0.867. The number of hydrogen-bond acceptors (Lipinski definition) is 2. The summed E-state index contributed by atoms with van der Waals surface area (Å²) in [5, 5.41) is 9.57. The van der Waals surface area contributed by atoms with Crippen LogP contribution in [0, 0.1) is 29.1 Å². The number of nitrogens with zero attached hydrogens (tertiary/aromatic N) is 1. The van der Waals surface area contributed by atoms with Crippen LogP contribution < -0.4 is 0 Å². The molecule has 2 aliphatic carbocycles. The fourth-order valence-electron chi connectivity index (χ4n) is 4.92. The largest absolute Gasteiger partial charge is 0.481 e. The first-order chi connectivity index (χ1) is 9.92. The molecule has 4 unspecified atom stereocenters. The van der Waals surface area contributed by atoms with Gasteiger partial charge >= 0.3 is 5.97 Å². The summed E-state index contributed by atoms with van der Waals surface area (Å²) in [6.45, 7) is 4.93. The fourth-order valence-corrected chi connectivity index (χ4v) is 4.92. The van der Waals surface area contributed by atoms with E-state index in [1.807, 2.05) is 18.7 Å². The van der Waals surface area contributed by atoms with E-state index in [1.165, 1.54) is 25.7 Å². The van der Waals surface area contributed by atoms with Crippen molar-refractivity contribution >= 4 is 11.9 Å². The lowest BCUT2D eigenvalue weighted by Crippen LogP contribution is -2.41. The molecule has 3 fully saturated rings. The highest BCUT2D eigenvalue weighted by Gasteiger charge is 2.49. The number of likely N-dealkylation sites (tertiary alicyclic amines) is 1. The highest BCUT2D eigenvalue weighted by Crippen LogP contribution is 2.50. The standard InChI is InChI=1S/C17H27NO3/c1-11(2)17(16(20)21)5-6-18(10-17)15(19)9-14-8-12-3-4-13(14)7-12/h11-14H,3-10H2,1-2H3,(H,20,21). The van der Waals surface area contributed by atoms with E-state index in [4.69, 9.17) is 0 Å². The van der Waals surface area contributed by atoms with Gasteiger partial charge in [0.1, 0.15) is 0 Å². The minimum atomic E-state index is -0.743.